The molecule has 1 atom stereocenters. The highest BCUT2D eigenvalue weighted by atomic mass is 15.2. The van der Waals surface area contributed by atoms with Crippen LogP contribution >= 0.6 is 0 Å². The lowest BCUT2D eigenvalue weighted by Crippen LogP contribution is -2.29. The molecule has 0 aliphatic rings. The van der Waals surface area contributed by atoms with Crippen molar-refractivity contribution in [3.8, 4) is 0 Å². The number of hydrazine groups is 1. The van der Waals surface area contributed by atoms with Gasteiger partial charge in [-0.2, -0.15) is 0 Å². The Bertz CT molecular complexity index is 568. The standard InChI is InChI=1S/C17H23N3/c1-12-11-14(9-10-19-12)16(20-18)13-5-7-15(8-6-13)17(2,3)4/h5-11,16,20H,18H2,1-4H3. The molecule has 2 aromatic rings. The van der Waals surface area contributed by atoms with Gasteiger partial charge in [0.2, 0.25) is 0 Å². The molecule has 1 heterocycles. The first kappa shape index (κ1) is 14.7. The number of aryl methyl sites for hydroxylation is 1. The van der Waals surface area contributed by atoms with E-state index in [1.165, 1.54) is 5.56 Å². The zero-order valence-corrected chi connectivity index (χ0v) is 12.6. The SMILES string of the molecule is Cc1cc(C(NN)c2ccc(C(C)(C)C)cc2)ccn1. The zero-order valence-electron chi connectivity index (χ0n) is 12.6. The number of aromatic nitrogens is 1. The predicted molar refractivity (Wildman–Crippen MR) is 83.3 cm³/mol. The number of benzene rings is 1. The van der Waals surface area contributed by atoms with Crippen molar-refractivity contribution >= 4 is 0 Å². The van der Waals surface area contributed by atoms with E-state index in [1.54, 1.807) is 0 Å². The number of pyridine rings is 1. The predicted octanol–water partition coefficient (Wildman–Crippen LogP) is 3.24. The van der Waals surface area contributed by atoms with Crippen LogP contribution in [-0.2, 0) is 5.41 Å². The third kappa shape index (κ3) is 3.24. The smallest absolute Gasteiger partial charge is 0.0711 e. The lowest BCUT2D eigenvalue weighted by atomic mass is 9.86. The van der Waals surface area contributed by atoms with Crippen molar-refractivity contribution in [1.29, 1.82) is 0 Å². The second kappa shape index (κ2) is 5.73. The van der Waals surface area contributed by atoms with Crippen molar-refractivity contribution in [1.82, 2.24) is 10.4 Å². The summed E-state index contributed by atoms with van der Waals surface area (Å²) in [7, 11) is 0. The molecule has 0 fully saturated rings. The van der Waals surface area contributed by atoms with Gasteiger partial charge >= 0.3 is 0 Å². The summed E-state index contributed by atoms with van der Waals surface area (Å²) in [5, 5.41) is 0. The third-order valence-corrected chi connectivity index (χ3v) is 3.53. The van der Waals surface area contributed by atoms with Crippen LogP contribution in [0.1, 0.15) is 49.2 Å². The Balaban J connectivity index is 2.33. The molecule has 0 bridgehead atoms. The largest absolute Gasteiger partial charge is 0.271 e. The van der Waals surface area contributed by atoms with Crippen molar-refractivity contribution in [2.45, 2.75) is 39.2 Å². The van der Waals surface area contributed by atoms with Crippen LogP contribution in [0.15, 0.2) is 42.6 Å². The molecule has 1 unspecified atom stereocenters. The molecule has 0 aliphatic heterocycles. The number of nitrogens with two attached hydrogens (primary N) is 1. The first-order valence-electron chi connectivity index (χ1n) is 6.91. The fraction of sp³-hybridized carbons (Fsp3) is 0.353. The van der Waals surface area contributed by atoms with Gasteiger partial charge in [-0.1, -0.05) is 45.0 Å². The molecule has 1 aromatic heterocycles. The minimum Gasteiger partial charge on any atom is -0.271 e. The van der Waals surface area contributed by atoms with Crippen molar-refractivity contribution < 1.29 is 0 Å². The maximum absolute atomic E-state index is 5.74. The van der Waals surface area contributed by atoms with Crippen LogP contribution < -0.4 is 11.3 Å². The van der Waals surface area contributed by atoms with Crippen molar-refractivity contribution in [2.75, 3.05) is 0 Å². The van der Waals surface area contributed by atoms with E-state index < -0.39 is 0 Å². The number of hydrogen-bond acceptors (Lipinski definition) is 3. The fourth-order valence-corrected chi connectivity index (χ4v) is 2.31. The Morgan fingerprint density at radius 1 is 1.05 bits per heavy atom. The van der Waals surface area contributed by atoms with Crippen molar-refractivity contribution in [3.05, 3.63) is 65.0 Å². The van der Waals surface area contributed by atoms with Gasteiger partial charge in [-0.15, -0.1) is 0 Å². The maximum Gasteiger partial charge on any atom is 0.0711 e. The second-order valence-corrected chi connectivity index (χ2v) is 6.20. The molecule has 3 N–H and O–H groups in total. The van der Waals surface area contributed by atoms with Gasteiger partial charge in [-0.3, -0.25) is 10.8 Å². The Hall–Kier alpha value is -1.71. The Labute approximate surface area is 121 Å². The van der Waals surface area contributed by atoms with Crippen LogP contribution in [0, 0.1) is 6.92 Å². The first-order chi connectivity index (χ1) is 9.41. The maximum atomic E-state index is 5.74. The molecule has 106 valence electrons. The summed E-state index contributed by atoms with van der Waals surface area (Å²) in [6, 6.07) is 12.7. The Kier molecular flexibility index (Phi) is 4.21. The van der Waals surface area contributed by atoms with Crippen LogP contribution in [0.2, 0.25) is 0 Å². The number of nitrogens with one attached hydrogen (secondary N) is 1. The van der Waals surface area contributed by atoms with Crippen molar-refractivity contribution in [2.24, 2.45) is 5.84 Å². The van der Waals surface area contributed by atoms with Gasteiger partial charge in [-0.25, -0.2) is 5.43 Å². The monoisotopic (exact) mass is 269 g/mol. The van der Waals surface area contributed by atoms with E-state index in [4.69, 9.17) is 5.84 Å². The summed E-state index contributed by atoms with van der Waals surface area (Å²) in [4.78, 5) is 4.23. The molecular formula is C17H23N3. The summed E-state index contributed by atoms with van der Waals surface area (Å²) in [5.41, 5.74) is 7.66. The van der Waals surface area contributed by atoms with Crippen molar-refractivity contribution in [3.63, 3.8) is 0 Å². The van der Waals surface area contributed by atoms with Gasteiger partial charge in [0.1, 0.15) is 0 Å². The Morgan fingerprint density at radius 2 is 1.70 bits per heavy atom. The van der Waals surface area contributed by atoms with E-state index >= 15 is 0 Å². The summed E-state index contributed by atoms with van der Waals surface area (Å²) in [6.45, 7) is 8.63. The van der Waals surface area contributed by atoms with Gasteiger partial charge in [0, 0.05) is 11.9 Å². The highest BCUT2D eigenvalue weighted by molar-refractivity contribution is 5.35. The molecule has 0 saturated carbocycles. The van der Waals surface area contributed by atoms with Gasteiger partial charge < -0.3 is 0 Å². The molecule has 3 heteroatoms. The van der Waals surface area contributed by atoms with Crippen LogP contribution in [0.5, 0.6) is 0 Å². The molecule has 3 nitrogen and oxygen atoms in total. The lowest BCUT2D eigenvalue weighted by Gasteiger charge is -2.21. The average molecular weight is 269 g/mol. The van der Waals surface area contributed by atoms with Gasteiger partial charge in [-0.05, 0) is 41.2 Å². The van der Waals surface area contributed by atoms with E-state index in [9.17, 15) is 0 Å². The summed E-state index contributed by atoms with van der Waals surface area (Å²) < 4.78 is 0. The van der Waals surface area contributed by atoms with E-state index in [0.717, 1.165) is 16.8 Å². The molecule has 0 spiro atoms. The highest BCUT2D eigenvalue weighted by Crippen LogP contribution is 2.26. The van der Waals surface area contributed by atoms with Gasteiger partial charge in [0.15, 0.2) is 0 Å². The van der Waals surface area contributed by atoms with Crippen LogP contribution in [0.3, 0.4) is 0 Å². The number of hydrogen-bond donors (Lipinski definition) is 2. The van der Waals surface area contributed by atoms with Crippen LogP contribution in [-0.4, -0.2) is 4.98 Å². The molecule has 0 saturated heterocycles. The van der Waals surface area contributed by atoms with Crippen LogP contribution in [0.25, 0.3) is 0 Å². The van der Waals surface area contributed by atoms with E-state index in [1.807, 2.05) is 19.2 Å². The normalized spacial score (nSPS) is 13.2. The van der Waals surface area contributed by atoms with E-state index in [2.05, 4.69) is 61.5 Å². The molecule has 20 heavy (non-hydrogen) atoms. The highest BCUT2D eigenvalue weighted by Gasteiger charge is 2.16. The first-order valence-corrected chi connectivity index (χ1v) is 6.91. The molecule has 1 aromatic carbocycles. The molecule has 0 radical (unpaired) electrons. The quantitative estimate of drug-likeness (QED) is 0.664. The average Bonchev–Trinajstić information content (AvgIpc) is 2.39. The zero-order chi connectivity index (χ0) is 14.8. The van der Waals surface area contributed by atoms with E-state index in [0.29, 0.717) is 0 Å². The molecule has 0 amide bonds. The minimum absolute atomic E-state index is 0.00859. The number of rotatable bonds is 3. The minimum atomic E-state index is -0.00859. The topological polar surface area (TPSA) is 50.9 Å². The summed E-state index contributed by atoms with van der Waals surface area (Å²) in [5.74, 6) is 5.74. The molecule has 0 aliphatic carbocycles. The third-order valence-electron chi connectivity index (χ3n) is 3.53. The van der Waals surface area contributed by atoms with Gasteiger partial charge in [0.05, 0.1) is 6.04 Å². The lowest BCUT2D eigenvalue weighted by molar-refractivity contribution is 0.588. The molecule has 2 rings (SSSR count). The number of nitrogens with zero attached hydrogens (tertiary/aromatic N) is 1. The van der Waals surface area contributed by atoms with Gasteiger partial charge in [0.25, 0.3) is 0 Å². The summed E-state index contributed by atoms with van der Waals surface area (Å²) >= 11 is 0. The Morgan fingerprint density at radius 3 is 2.20 bits per heavy atom. The van der Waals surface area contributed by atoms with E-state index in [-0.39, 0.29) is 11.5 Å². The molecular weight excluding hydrogens is 246 g/mol. The fourth-order valence-electron chi connectivity index (χ4n) is 2.31. The van der Waals surface area contributed by atoms with Crippen LogP contribution in [0.4, 0.5) is 0 Å². The summed E-state index contributed by atoms with van der Waals surface area (Å²) in [6.07, 6.45) is 1.82. The second-order valence-electron chi connectivity index (χ2n) is 6.20.